The van der Waals surface area contributed by atoms with Crippen LogP contribution in [0.4, 0.5) is 0 Å². The van der Waals surface area contributed by atoms with Gasteiger partial charge in [0.1, 0.15) is 0 Å². The molecule has 0 fully saturated rings. The van der Waals surface area contributed by atoms with Crippen molar-refractivity contribution >= 4 is 0 Å². The van der Waals surface area contributed by atoms with E-state index in [1.807, 2.05) is 36.5 Å². The Labute approximate surface area is 95.7 Å². The highest BCUT2D eigenvalue weighted by molar-refractivity contribution is 5.17. The molecule has 2 N–H and O–H groups in total. The zero-order valence-corrected chi connectivity index (χ0v) is 9.99. The van der Waals surface area contributed by atoms with Crippen LogP contribution in [0.15, 0.2) is 30.9 Å². The molecule has 2 heterocycles. The van der Waals surface area contributed by atoms with Crippen LogP contribution in [-0.4, -0.2) is 14.8 Å². The predicted molar refractivity (Wildman–Crippen MR) is 63.9 cm³/mol. The molecule has 4 nitrogen and oxygen atoms in total. The maximum atomic E-state index is 4.20. The second kappa shape index (κ2) is 4.14. The van der Waals surface area contributed by atoms with E-state index in [-0.39, 0.29) is 5.54 Å². The molecule has 0 atom stereocenters. The maximum absolute atomic E-state index is 4.20. The van der Waals surface area contributed by atoms with E-state index in [1.54, 1.807) is 0 Å². The first-order valence-electron chi connectivity index (χ1n) is 5.44. The molecule has 16 heavy (non-hydrogen) atoms. The number of aromatic amines is 1. The van der Waals surface area contributed by atoms with Crippen molar-refractivity contribution in [2.45, 2.75) is 25.9 Å². The zero-order valence-electron chi connectivity index (χ0n) is 9.99. The SMILES string of the molecule is Cn1cc(C(C)(C)NCc2cc[nH]c2)cn1. The van der Waals surface area contributed by atoms with Crippen molar-refractivity contribution in [3.05, 3.63) is 42.0 Å². The van der Waals surface area contributed by atoms with E-state index in [4.69, 9.17) is 0 Å². The monoisotopic (exact) mass is 218 g/mol. The first-order chi connectivity index (χ1) is 7.58. The molecule has 0 aliphatic heterocycles. The Morgan fingerprint density at radius 1 is 1.50 bits per heavy atom. The number of hydrogen-bond acceptors (Lipinski definition) is 2. The van der Waals surface area contributed by atoms with Gasteiger partial charge in [-0.15, -0.1) is 0 Å². The summed E-state index contributed by atoms with van der Waals surface area (Å²) in [5.41, 5.74) is 2.40. The van der Waals surface area contributed by atoms with E-state index in [0.717, 1.165) is 6.54 Å². The highest BCUT2D eigenvalue weighted by atomic mass is 15.2. The van der Waals surface area contributed by atoms with Crippen molar-refractivity contribution in [3.63, 3.8) is 0 Å². The van der Waals surface area contributed by atoms with Gasteiger partial charge in [-0.1, -0.05) is 0 Å². The Hall–Kier alpha value is -1.55. The van der Waals surface area contributed by atoms with Gasteiger partial charge in [-0.05, 0) is 25.5 Å². The first kappa shape index (κ1) is 11.0. The number of H-pyrrole nitrogens is 1. The molecule has 2 rings (SSSR count). The summed E-state index contributed by atoms with van der Waals surface area (Å²) in [6, 6.07) is 2.08. The van der Waals surface area contributed by atoms with E-state index < -0.39 is 0 Å². The molecule has 0 aliphatic carbocycles. The summed E-state index contributed by atoms with van der Waals surface area (Å²) in [7, 11) is 1.94. The van der Waals surface area contributed by atoms with E-state index in [2.05, 4.69) is 35.3 Å². The highest BCUT2D eigenvalue weighted by Gasteiger charge is 2.21. The van der Waals surface area contributed by atoms with Gasteiger partial charge in [0.25, 0.3) is 0 Å². The molecule has 0 aromatic carbocycles. The quantitative estimate of drug-likeness (QED) is 0.821. The second-order valence-corrected chi connectivity index (χ2v) is 4.60. The topological polar surface area (TPSA) is 45.6 Å². The Morgan fingerprint density at radius 2 is 2.31 bits per heavy atom. The fourth-order valence-electron chi connectivity index (χ4n) is 1.64. The molecule has 2 aromatic heterocycles. The highest BCUT2D eigenvalue weighted by Crippen LogP contribution is 2.19. The maximum Gasteiger partial charge on any atom is 0.0540 e. The fraction of sp³-hybridized carbons (Fsp3) is 0.417. The number of nitrogens with one attached hydrogen (secondary N) is 2. The van der Waals surface area contributed by atoms with Crippen molar-refractivity contribution in [1.82, 2.24) is 20.1 Å². The Morgan fingerprint density at radius 3 is 2.88 bits per heavy atom. The van der Waals surface area contributed by atoms with Gasteiger partial charge in [-0.25, -0.2) is 0 Å². The molecular formula is C12H18N4. The molecule has 4 heteroatoms. The minimum Gasteiger partial charge on any atom is -0.367 e. The van der Waals surface area contributed by atoms with E-state index in [9.17, 15) is 0 Å². The van der Waals surface area contributed by atoms with Gasteiger partial charge in [-0.3, -0.25) is 4.68 Å². The third-order valence-electron chi connectivity index (χ3n) is 2.82. The fourth-order valence-corrected chi connectivity index (χ4v) is 1.64. The van der Waals surface area contributed by atoms with Gasteiger partial charge < -0.3 is 10.3 Å². The average Bonchev–Trinajstić information content (AvgIpc) is 2.85. The van der Waals surface area contributed by atoms with Gasteiger partial charge in [0.2, 0.25) is 0 Å². The minimum absolute atomic E-state index is 0.0640. The van der Waals surface area contributed by atoms with Crippen molar-refractivity contribution in [3.8, 4) is 0 Å². The van der Waals surface area contributed by atoms with Crippen molar-refractivity contribution in [1.29, 1.82) is 0 Å². The molecule has 2 aromatic rings. The predicted octanol–water partition coefficient (Wildman–Crippen LogP) is 1.77. The molecule has 0 unspecified atom stereocenters. The van der Waals surface area contributed by atoms with E-state index in [0.29, 0.717) is 0 Å². The van der Waals surface area contributed by atoms with Crippen LogP contribution in [0.5, 0.6) is 0 Å². The lowest BCUT2D eigenvalue weighted by Gasteiger charge is -2.24. The van der Waals surface area contributed by atoms with Crippen LogP contribution in [0.3, 0.4) is 0 Å². The third-order valence-corrected chi connectivity index (χ3v) is 2.82. The number of aryl methyl sites for hydroxylation is 1. The minimum atomic E-state index is -0.0640. The van der Waals surface area contributed by atoms with Crippen LogP contribution in [-0.2, 0) is 19.1 Å². The van der Waals surface area contributed by atoms with Crippen LogP contribution in [0.2, 0.25) is 0 Å². The van der Waals surface area contributed by atoms with Gasteiger partial charge >= 0.3 is 0 Å². The van der Waals surface area contributed by atoms with E-state index >= 15 is 0 Å². The van der Waals surface area contributed by atoms with Crippen LogP contribution in [0.25, 0.3) is 0 Å². The third kappa shape index (κ3) is 2.33. The van der Waals surface area contributed by atoms with Gasteiger partial charge in [0.15, 0.2) is 0 Å². The molecule has 0 spiro atoms. The van der Waals surface area contributed by atoms with Crippen molar-refractivity contribution in [2.75, 3.05) is 0 Å². The normalized spacial score (nSPS) is 11.9. The summed E-state index contributed by atoms with van der Waals surface area (Å²) < 4.78 is 1.83. The number of rotatable bonds is 4. The summed E-state index contributed by atoms with van der Waals surface area (Å²) in [4.78, 5) is 3.05. The van der Waals surface area contributed by atoms with Gasteiger partial charge in [0, 0.05) is 43.3 Å². The molecule has 0 aliphatic rings. The number of hydrogen-bond donors (Lipinski definition) is 2. The lowest BCUT2D eigenvalue weighted by Crippen LogP contribution is -2.35. The van der Waals surface area contributed by atoms with Crippen molar-refractivity contribution in [2.24, 2.45) is 7.05 Å². The largest absolute Gasteiger partial charge is 0.367 e. The van der Waals surface area contributed by atoms with Crippen LogP contribution < -0.4 is 5.32 Å². The number of nitrogens with zero attached hydrogens (tertiary/aromatic N) is 2. The first-order valence-corrected chi connectivity index (χ1v) is 5.44. The standard InChI is InChI=1S/C12H18N4/c1-12(2,11-8-15-16(3)9-11)14-7-10-4-5-13-6-10/h4-6,8-9,13-14H,7H2,1-3H3. The van der Waals surface area contributed by atoms with Crippen LogP contribution in [0, 0.1) is 0 Å². The van der Waals surface area contributed by atoms with Gasteiger partial charge in [0.05, 0.1) is 6.20 Å². The van der Waals surface area contributed by atoms with Crippen LogP contribution >= 0.6 is 0 Å². The number of aromatic nitrogens is 3. The molecule has 0 bridgehead atoms. The lowest BCUT2D eigenvalue weighted by atomic mass is 9.97. The molecule has 0 saturated heterocycles. The molecule has 86 valence electrons. The Bertz CT molecular complexity index is 439. The summed E-state index contributed by atoms with van der Waals surface area (Å²) in [6.45, 7) is 5.18. The van der Waals surface area contributed by atoms with Crippen molar-refractivity contribution < 1.29 is 0 Å². The van der Waals surface area contributed by atoms with Crippen LogP contribution in [0.1, 0.15) is 25.0 Å². The molecule has 0 radical (unpaired) electrons. The average molecular weight is 218 g/mol. The molecule has 0 amide bonds. The second-order valence-electron chi connectivity index (χ2n) is 4.60. The summed E-state index contributed by atoms with van der Waals surface area (Å²) in [6.07, 6.45) is 7.90. The Kier molecular flexibility index (Phi) is 2.83. The summed E-state index contributed by atoms with van der Waals surface area (Å²) in [5.74, 6) is 0. The molecular weight excluding hydrogens is 200 g/mol. The molecule has 0 saturated carbocycles. The Balaban J connectivity index is 2.02. The lowest BCUT2D eigenvalue weighted by molar-refractivity contribution is 0.401. The van der Waals surface area contributed by atoms with E-state index in [1.165, 1.54) is 11.1 Å². The summed E-state index contributed by atoms with van der Waals surface area (Å²) in [5, 5.41) is 7.72. The smallest absolute Gasteiger partial charge is 0.0540 e. The van der Waals surface area contributed by atoms with Gasteiger partial charge in [-0.2, -0.15) is 5.10 Å². The summed E-state index contributed by atoms with van der Waals surface area (Å²) >= 11 is 0. The zero-order chi connectivity index (χ0) is 11.6.